The van der Waals surface area contributed by atoms with Crippen molar-refractivity contribution < 1.29 is 8.42 Å². The fourth-order valence-electron chi connectivity index (χ4n) is 3.10. The number of piperazine rings is 1. The Hall–Kier alpha value is -2.29. The Bertz CT molecular complexity index is 1040. The first kappa shape index (κ1) is 17.1. The SMILES string of the molecule is C=CS(=O)(=O)N1CCN(c2ncnc3sc(-c4ccccc4)cc23)CC1. The van der Waals surface area contributed by atoms with Crippen LogP contribution in [0.5, 0.6) is 0 Å². The van der Waals surface area contributed by atoms with Gasteiger partial charge in [0.05, 0.1) is 5.39 Å². The molecule has 0 saturated carbocycles. The van der Waals surface area contributed by atoms with Gasteiger partial charge >= 0.3 is 0 Å². The van der Waals surface area contributed by atoms with E-state index in [9.17, 15) is 8.42 Å². The smallest absolute Gasteiger partial charge is 0.235 e. The minimum atomic E-state index is -3.36. The van der Waals surface area contributed by atoms with E-state index in [0.717, 1.165) is 31.9 Å². The molecule has 6 nitrogen and oxygen atoms in total. The Morgan fingerprint density at radius 3 is 2.50 bits per heavy atom. The minimum absolute atomic E-state index is 0.426. The van der Waals surface area contributed by atoms with Crippen LogP contribution >= 0.6 is 11.3 Å². The lowest BCUT2D eigenvalue weighted by Crippen LogP contribution is -2.48. The third-order valence-corrected chi connectivity index (χ3v) is 7.07. The average molecular weight is 387 g/mol. The Morgan fingerprint density at radius 1 is 1.08 bits per heavy atom. The number of thiophene rings is 1. The minimum Gasteiger partial charge on any atom is -0.353 e. The van der Waals surface area contributed by atoms with Gasteiger partial charge in [-0.25, -0.2) is 18.4 Å². The van der Waals surface area contributed by atoms with Crippen LogP contribution in [0.15, 0.2) is 54.7 Å². The molecule has 0 spiro atoms. The normalized spacial score (nSPS) is 16.1. The van der Waals surface area contributed by atoms with E-state index in [-0.39, 0.29) is 0 Å². The maximum atomic E-state index is 11.9. The van der Waals surface area contributed by atoms with E-state index >= 15 is 0 Å². The Kier molecular flexibility index (Phi) is 4.47. The summed E-state index contributed by atoms with van der Waals surface area (Å²) in [7, 11) is -3.36. The molecule has 134 valence electrons. The van der Waals surface area contributed by atoms with Gasteiger partial charge in [-0.05, 0) is 11.6 Å². The van der Waals surface area contributed by atoms with Gasteiger partial charge in [-0.15, -0.1) is 11.3 Å². The number of rotatable bonds is 4. The molecule has 0 amide bonds. The number of anilines is 1. The maximum Gasteiger partial charge on any atom is 0.235 e. The van der Waals surface area contributed by atoms with Gasteiger partial charge in [0.2, 0.25) is 10.0 Å². The van der Waals surface area contributed by atoms with E-state index in [2.05, 4.69) is 39.6 Å². The highest BCUT2D eigenvalue weighted by Crippen LogP contribution is 2.36. The second kappa shape index (κ2) is 6.79. The average Bonchev–Trinajstić information content (AvgIpc) is 3.13. The van der Waals surface area contributed by atoms with Crippen LogP contribution in [-0.2, 0) is 10.0 Å². The van der Waals surface area contributed by atoms with Gasteiger partial charge in [0, 0.05) is 36.5 Å². The quantitative estimate of drug-likeness (QED) is 0.690. The third kappa shape index (κ3) is 3.11. The Morgan fingerprint density at radius 2 is 1.81 bits per heavy atom. The van der Waals surface area contributed by atoms with Crippen molar-refractivity contribution in [2.75, 3.05) is 31.1 Å². The van der Waals surface area contributed by atoms with E-state index in [0.29, 0.717) is 26.2 Å². The summed E-state index contributed by atoms with van der Waals surface area (Å²) in [6, 6.07) is 12.3. The second-order valence-corrected chi connectivity index (χ2v) is 8.90. The third-order valence-electron chi connectivity index (χ3n) is 4.48. The van der Waals surface area contributed by atoms with Crippen LogP contribution in [0.2, 0.25) is 0 Å². The van der Waals surface area contributed by atoms with Crippen molar-refractivity contribution in [2.24, 2.45) is 0 Å². The zero-order valence-electron chi connectivity index (χ0n) is 14.1. The Balaban J connectivity index is 1.64. The summed E-state index contributed by atoms with van der Waals surface area (Å²) in [6.45, 7) is 5.43. The molecule has 1 aliphatic rings. The fourth-order valence-corrected chi connectivity index (χ4v) is 4.98. The zero-order valence-corrected chi connectivity index (χ0v) is 15.7. The van der Waals surface area contributed by atoms with Crippen molar-refractivity contribution in [3.63, 3.8) is 0 Å². The van der Waals surface area contributed by atoms with Gasteiger partial charge in [-0.2, -0.15) is 4.31 Å². The highest BCUT2D eigenvalue weighted by Gasteiger charge is 2.26. The summed E-state index contributed by atoms with van der Waals surface area (Å²) in [6.07, 6.45) is 1.58. The summed E-state index contributed by atoms with van der Waals surface area (Å²) >= 11 is 1.64. The molecule has 2 aromatic heterocycles. The summed E-state index contributed by atoms with van der Waals surface area (Å²) in [5, 5.41) is 2.02. The van der Waals surface area contributed by atoms with Crippen molar-refractivity contribution >= 4 is 37.4 Å². The standard InChI is InChI=1S/C18H18N4O2S2/c1-2-26(23,24)22-10-8-21(9-11-22)17-15-12-16(14-6-4-3-5-7-14)25-18(15)20-13-19-17/h2-7,12-13H,1,8-11H2. The number of nitrogens with zero attached hydrogens (tertiary/aromatic N) is 4. The number of sulfonamides is 1. The highest BCUT2D eigenvalue weighted by atomic mass is 32.2. The molecule has 3 heterocycles. The van der Waals surface area contributed by atoms with Crippen LogP contribution in [0, 0.1) is 0 Å². The van der Waals surface area contributed by atoms with Gasteiger partial charge in [-0.1, -0.05) is 36.9 Å². The predicted octanol–water partition coefficient (Wildman–Crippen LogP) is 2.95. The molecule has 3 aromatic rings. The molecule has 1 fully saturated rings. The molecular weight excluding hydrogens is 368 g/mol. The van der Waals surface area contributed by atoms with E-state index in [1.807, 2.05) is 18.2 Å². The fraction of sp³-hybridized carbons (Fsp3) is 0.222. The molecule has 1 aromatic carbocycles. The molecule has 0 N–H and O–H groups in total. The largest absolute Gasteiger partial charge is 0.353 e. The number of hydrogen-bond acceptors (Lipinski definition) is 6. The molecule has 1 aliphatic heterocycles. The molecule has 1 saturated heterocycles. The number of aromatic nitrogens is 2. The van der Waals surface area contributed by atoms with Crippen LogP contribution in [0.1, 0.15) is 0 Å². The van der Waals surface area contributed by atoms with Crippen molar-refractivity contribution in [1.82, 2.24) is 14.3 Å². The van der Waals surface area contributed by atoms with Crippen molar-refractivity contribution in [2.45, 2.75) is 0 Å². The van der Waals surface area contributed by atoms with Crippen LogP contribution in [0.25, 0.3) is 20.7 Å². The van der Waals surface area contributed by atoms with Crippen molar-refractivity contribution in [1.29, 1.82) is 0 Å². The van der Waals surface area contributed by atoms with E-state index in [1.165, 1.54) is 4.31 Å². The van der Waals surface area contributed by atoms with Crippen LogP contribution in [-0.4, -0.2) is 48.9 Å². The molecule has 0 radical (unpaired) electrons. The first-order chi connectivity index (χ1) is 12.6. The number of hydrogen-bond donors (Lipinski definition) is 0. The lowest BCUT2D eigenvalue weighted by atomic mass is 10.2. The highest BCUT2D eigenvalue weighted by molar-refractivity contribution is 7.92. The van der Waals surface area contributed by atoms with Crippen LogP contribution < -0.4 is 4.90 Å². The number of benzene rings is 1. The molecule has 0 bridgehead atoms. The second-order valence-electron chi connectivity index (χ2n) is 5.99. The molecule has 4 rings (SSSR count). The first-order valence-electron chi connectivity index (χ1n) is 8.26. The lowest BCUT2D eigenvalue weighted by Gasteiger charge is -2.34. The maximum absolute atomic E-state index is 11.9. The topological polar surface area (TPSA) is 66.4 Å². The van der Waals surface area contributed by atoms with Gasteiger partial charge < -0.3 is 4.90 Å². The molecule has 0 aliphatic carbocycles. The summed E-state index contributed by atoms with van der Waals surface area (Å²) in [5.41, 5.74) is 1.16. The molecule has 0 atom stereocenters. The van der Waals surface area contributed by atoms with Crippen LogP contribution in [0.4, 0.5) is 5.82 Å². The number of fused-ring (bicyclic) bond motifs is 1. The zero-order chi connectivity index (χ0) is 18.1. The first-order valence-corrected chi connectivity index (χ1v) is 10.6. The van der Waals surface area contributed by atoms with Gasteiger partial charge in [0.15, 0.2) is 0 Å². The summed E-state index contributed by atoms with van der Waals surface area (Å²) < 4.78 is 25.3. The van der Waals surface area contributed by atoms with Crippen molar-refractivity contribution in [3.05, 3.63) is 54.7 Å². The lowest BCUT2D eigenvalue weighted by molar-refractivity contribution is 0.389. The molecule has 0 unspecified atom stereocenters. The predicted molar refractivity (Wildman–Crippen MR) is 106 cm³/mol. The van der Waals surface area contributed by atoms with Crippen LogP contribution in [0.3, 0.4) is 0 Å². The van der Waals surface area contributed by atoms with Gasteiger partial charge in [0.1, 0.15) is 17.0 Å². The van der Waals surface area contributed by atoms with Gasteiger partial charge in [0.25, 0.3) is 0 Å². The Labute approximate surface area is 156 Å². The summed E-state index contributed by atoms with van der Waals surface area (Å²) in [4.78, 5) is 13.1. The monoisotopic (exact) mass is 386 g/mol. The van der Waals surface area contributed by atoms with Gasteiger partial charge in [-0.3, -0.25) is 0 Å². The van der Waals surface area contributed by atoms with E-state index < -0.39 is 10.0 Å². The van der Waals surface area contributed by atoms with Crippen molar-refractivity contribution in [3.8, 4) is 10.4 Å². The van der Waals surface area contributed by atoms with E-state index in [4.69, 9.17) is 0 Å². The molecule has 26 heavy (non-hydrogen) atoms. The summed E-state index contributed by atoms with van der Waals surface area (Å²) in [5.74, 6) is 0.865. The molecular formula is C18H18N4O2S2. The molecule has 8 heteroatoms. The van der Waals surface area contributed by atoms with E-state index in [1.54, 1.807) is 17.7 Å².